The summed E-state index contributed by atoms with van der Waals surface area (Å²) in [5, 5.41) is 0. The second-order valence-electron chi connectivity index (χ2n) is 10.4. The van der Waals surface area contributed by atoms with Crippen LogP contribution in [0.5, 0.6) is 11.5 Å². The maximum absolute atomic E-state index is 6.95. The molecule has 0 spiro atoms. The van der Waals surface area contributed by atoms with Crippen molar-refractivity contribution in [2.24, 2.45) is 0 Å². The summed E-state index contributed by atoms with van der Waals surface area (Å²) in [5.41, 5.74) is 10.4. The minimum absolute atomic E-state index is 0.1000. The van der Waals surface area contributed by atoms with Crippen molar-refractivity contribution in [2.75, 3.05) is 9.80 Å². The normalized spacial score (nSPS) is 13.8. The molecule has 4 heterocycles. The van der Waals surface area contributed by atoms with Gasteiger partial charge in [-0.15, -0.1) is 0 Å². The molecule has 3 aliphatic rings. The highest BCUT2D eigenvalue weighted by atomic mass is 32.2. The molecule has 1 aromatic heterocycles. The van der Waals surface area contributed by atoms with Crippen molar-refractivity contribution in [2.45, 2.75) is 9.79 Å². The van der Waals surface area contributed by atoms with Gasteiger partial charge < -0.3 is 14.5 Å². The summed E-state index contributed by atoms with van der Waals surface area (Å²) >= 11 is 1.85. The molecule has 0 unspecified atom stereocenters. The Morgan fingerprint density at radius 3 is 2.12 bits per heavy atom. The number of ether oxygens (including phenoxy) is 1. The molecule has 3 aliphatic heterocycles. The van der Waals surface area contributed by atoms with Crippen LogP contribution in [0.3, 0.4) is 0 Å². The van der Waals surface area contributed by atoms with Gasteiger partial charge in [0.1, 0.15) is 0 Å². The molecule has 0 fully saturated rings. The monoisotopic (exact) mass is 543 g/mol. The standard InChI is InChI=1S/C35H22BN3OS/c1-2-10-23(11-3-1)38-28-15-7-8-16-30(28)40-35-29(38)22-32-33-34(35)39(24-18-20-37-21-19-24)27-14-6-4-12-25(27)36(33)26-13-5-9-17-31(26)41-32/h1-22H. The molecule has 0 saturated heterocycles. The van der Waals surface area contributed by atoms with Gasteiger partial charge in [0.05, 0.1) is 17.1 Å². The van der Waals surface area contributed by atoms with E-state index in [0.717, 1.165) is 45.6 Å². The topological polar surface area (TPSA) is 28.6 Å². The minimum Gasteiger partial charge on any atom is -0.451 e. The lowest BCUT2D eigenvalue weighted by Gasteiger charge is -2.43. The first kappa shape index (κ1) is 22.8. The molecule has 9 rings (SSSR count). The molecule has 41 heavy (non-hydrogen) atoms. The molecule has 192 valence electrons. The summed E-state index contributed by atoms with van der Waals surface area (Å²) in [7, 11) is 0. The quantitative estimate of drug-likeness (QED) is 0.212. The Hall–Kier alpha value is -4.94. The van der Waals surface area contributed by atoms with Crippen LogP contribution in [0.2, 0.25) is 0 Å². The fraction of sp³-hybridized carbons (Fsp3) is 0. The lowest BCUT2D eigenvalue weighted by molar-refractivity contribution is 0.478. The van der Waals surface area contributed by atoms with Gasteiger partial charge >= 0.3 is 0 Å². The molecule has 0 amide bonds. The first-order valence-electron chi connectivity index (χ1n) is 13.8. The highest BCUT2D eigenvalue weighted by Gasteiger charge is 2.44. The third kappa shape index (κ3) is 3.28. The molecule has 0 saturated carbocycles. The summed E-state index contributed by atoms with van der Waals surface area (Å²) in [4.78, 5) is 11.6. The largest absolute Gasteiger partial charge is 0.451 e. The maximum atomic E-state index is 6.95. The SMILES string of the molecule is c1ccc(N2c3ccccc3Oc3c2cc2c4c3N(c3ccncc3)c3ccccc3B4c3ccccc3S2)cc1. The van der Waals surface area contributed by atoms with Crippen LogP contribution in [0, 0.1) is 0 Å². The highest BCUT2D eigenvalue weighted by molar-refractivity contribution is 8.00. The van der Waals surface area contributed by atoms with Gasteiger partial charge in [-0.3, -0.25) is 4.98 Å². The average molecular weight is 543 g/mol. The molecule has 6 aromatic rings. The number of rotatable bonds is 2. The van der Waals surface area contributed by atoms with Crippen LogP contribution in [-0.2, 0) is 0 Å². The zero-order valence-electron chi connectivity index (χ0n) is 21.9. The summed E-state index contributed by atoms with van der Waals surface area (Å²) in [5.74, 6) is 1.71. The Labute approximate surface area is 242 Å². The van der Waals surface area contributed by atoms with Crippen LogP contribution in [-0.4, -0.2) is 11.7 Å². The Bertz CT molecular complexity index is 1980. The zero-order valence-corrected chi connectivity index (χ0v) is 22.8. The number of nitrogens with zero attached hydrogens (tertiary/aromatic N) is 3. The maximum Gasteiger partial charge on any atom is 0.249 e. The van der Waals surface area contributed by atoms with Crippen LogP contribution in [0.25, 0.3) is 0 Å². The van der Waals surface area contributed by atoms with Crippen molar-refractivity contribution in [1.29, 1.82) is 0 Å². The number of benzene rings is 5. The lowest BCUT2D eigenvalue weighted by Crippen LogP contribution is -2.60. The van der Waals surface area contributed by atoms with E-state index in [9.17, 15) is 0 Å². The molecular formula is C35H22BN3OS. The molecule has 0 aliphatic carbocycles. The van der Waals surface area contributed by atoms with E-state index in [0.29, 0.717) is 0 Å². The van der Waals surface area contributed by atoms with Crippen LogP contribution < -0.4 is 30.9 Å². The number of hydrogen-bond acceptors (Lipinski definition) is 5. The number of fused-ring (bicyclic) bond motifs is 7. The van der Waals surface area contributed by atoms with E-state index in [-0.39, 0.29) is 6.71 Å². The van der Waals surface area contributed by atoms with Gasteiger partial charge in [0.2, 0.25) is 6.71 Å². The Kier molecular flexibility index (Phi) is 4.89. The smallest absolute Gasteiger partial charge is 0.249 e. The number of aromatic nitrogens is 1. The molecule has 4 nitrogen and oxygen atoms in total. The van der Waals surface area contributed by atoms with Crippen molar-refractivity contribution >= 4 is 69.0 Å². The summed E-state index contributed by atoms with van der Waals surface area (Å²) in [6, 6.07) is 43.0. The van der Waals surface area contributed by atoms with Crippen LogP contribution in [0.15, 0.2) is 144 Å². The van der Waals surface area contributed by atoms with Gasteiger partial charge in [0, 0.05) is 39.2 Å². The van der Waals surface area contributed by atoms with Gasteiger partial charge in [-0.2, -0.15) is 0 Å². The average Bonchev–Trinajstić information content (AvgIpc) is 3.04. The minimum atomic E-state index is 0.1000. The first-order valence-corrected chi connectivity index (χ1v) is 14.6. The van der Waals surface area contributed by atoms with Crippen molar-refractivity contribution < 1.29 is 4.74 Å². The third-order valence-electron chi connectivity index (χ3n) is 8.18. The highest BCUT2D eigenvalue weighted by Crippen LogP contribution is 2.57. The Morgan fingerprint density at radius 2 is 1.27 bits per heavy atom. The summed E-state index contributed by atoms with van der Waals surface area (Å²) in [6.45, 7) is 0.1000. The lowest BCUT2D eigenvalue weighted by atomic mass is 9.35. The van der Waals surface area contributed by atoms with E-state index >= 15 is 0 Å². The van der Waals surface area contributed by atoms with Crippen molar-refractivity contribution in [1.82, 2.24) is 4.98 Å². The van der Waals surface area contributed by atoms with Crippen LogP contribution >= 0.6 is 11.8 Å². The fourth-order valence-corrected chi connectivity index (χ4v) is 7.71. The van der Waals surface area contributed by atoms with Gasteiger partial charge in [-0.25, -0.2) is 0 Å². The predicted molar refractivity (Wildman–Crippen MR) is 169 cm³/mol. The molecule has 5 aromatic carbocycles. The predicted octanol–water partition coefficient (Wildman–Crippen LogP) is 7.42. The van der Waals surface area contributed by atoms with Crippen molar-refractivity contribution in [3.63, 3.8) is 0 Å². The van der Waals surface area contributed by atoms with Crippen molar-refractivity contribution in [3.05, 3.63) is 134 Å². The second-order valence-corrected chi connectivity index (χ2v) is 11.5. The van der Waals surface area contributed by atoms with Gasteiger partial charge in [0.25, 0.3) is 0 Å². The van der Waals surface area contributed by atoms with E-state index < -0.39 is 0 Å². The number of pyridine rings is 1. The van der Waals surface area contributed by atoms with Gasteiger partial charge in [-0.1, -0.05) is 84.0 Å². The fourth-order valence-electron chi connectivity index (χ4n) is 6.53. The molecule has 0 atom stereocenters. The van der Waals surface area contributed by atoms with Gasteiger partial charge in [0.15, 0.2) is 11.5 Å². The van der Waals surface area contributed by atoms with E-state index in [1.54, 1.807) is 0 Å². The zero-order chi connectivity index (χ0) is 26.9. The van der Waals surface area contributed by atoms with Crippen LogP contribution in [0.1, 0.15) is 0 Å². The van der Waals surface area contributed by atoms with Crippen LogP contribution in [0.4, 0.5) is 34.1 Å². The first-order chi connectivity index (χ1) is 20.4. The van der Waals surface area contributed by atoms with E-state index in [1.165, 1.54) is 26.2 Å². The molecule has 6 heteroatoms. The number of hydrogen-bond donors (Lipinski definition) is 0. The number of para-hydroxylation sites is 4. The third-order valence-corrected chi connectivity index (χ3v) is 9.33. The summed E-state index contributed by atoms with van der Waals surface area (Å²) < 4.78 is 6.95. The van der Waals surface area contributed by atoms with E-state index in [1.807, 2.05) is 30.2 Å². The van der Waals surface area contributed by atoms with E-state index in [2.05, 4.69) is 130 Å². The Balaban J connectivity index is 1.42. The van der Waals surface area contributed by atoms with E-state index in [4.69, 9.17) is 4.74 Å². The Morgan fingerprint density at radius 1 is 0.585 bits per heavy atom. The molecule has 0 bridgehead atoms. The van der Waals surface area contributed by atoms with Crippen molar-refractivity contribution in [3.8, 4) is 11.5 Å². The van der Waals surface area contributed by atoms with Gasteiger partial charge in [-0.05, 0) is 65.5 Å². The summed E-state index contributed by atoms with van der Waals surface area (Å²) in [6.07, 6.45) is 3.73. The molecule has 0 radical (unpaired) electrons. The second kappa shape index (κ2) is 8.78. The molecular weight excluding hydrogens is 521 g/mol. The number of anilines is 6. The molecule has 0 N–H and O–H groups in total.